The Morgan fingerprint density at radius 1 is 1.41 bits per heavy atom. The van der Waals surface area contributed by atoms with Crippen LogP contribution in [0, 0.1) is 6.92 Å². The van der Waals surface area contributed by atoms with Crippen LogP contribution < -0.4 is 5.32 Å². The second kappa shape index (κ2) is 5.42. The van der Waals surface area contributed by atoms with Crippen LogP contribution in [-0.4, -0.2) is 15.0 Å². The van der Waals surface area contributed by atoms with Crippen molar-refractivity contribution in [3.05, 3.63) is 33.1 Å². The lowest BCUT2D eigenvalue weighted by Gasteiger charge is -2.05. The molecule has 2 heterocycles. The van der Waals surface area contributed by atoms with Gasteiger partial charge in [-0.05, 0) is 6.92 Å². The van der Waals surface area contributed by atoms with Gasteiger partial charge in [-0.1, -0.05) is 18.5 Å². The standard InChI is InChI=1S/C11H13ClN4S/c1-3-9-15-8(12)4-10(16-9)13-6-11-14-5-7(2)17-11/h4-5H,3,6H2,1-2H3,(H,13,15,16). The molecule has 4 nitrogen and oxygen atoms in total. The van der Waals surface area contributed by atoms with E-state index in [1.165, 1.54) is 4.88 Å². The minimum Gasteiger partial charge on any atom is -0.363 e. The van der Waals surface area contributed by atoms with Gasteiger partial charge in [0.25, 0.3) is 0 Å². The fourth-order valence-corrected chi connectivity index (χ4v) is 2.29. The van der Waals surface area contributed by atoms with E-state index in [1.807, 2.05) is 20.0 Å². The Labute approximate surface area is 109 Å². The highest BCUT2D eigenvalue weighted by atomic mass is 35.5. The molecule has 0 unspecified atom stereocenters. The van der Waals surface area contributed by atoms with Crippen molar-refractivity contribution in [3.8, 4) is 0 Å². The van der Waals surface area contributed by atoms with Crippen LogP contribution in [-0.2, 0) is 13.0 Å². The van der Waals surface area contributed by atoms with Crippen molar-refractivity contribution in [2.45, 2.75) is 26.8 Å². The molecule has 0 saturated carbocycles. The van der Waals surface area contributed by atoms with Crippen molar-refractivity contribution in [2.75, 3.05) is 5.32 Å². The van der Waals surface area contributed by atoms with E-state index in [0.717, 1.165) is 23.1 Å². The summed E-state index contributed by atoms with van der Waals surface area (Å²) in [6.07, 6.45) is 2.64. The van der Waals surface area contributed by atoms with Gasteiger partial charge >= 0.3 is 0 Å². The normalized spacial score (nSPS) is 10.5. The largest absolute Gasteiger partial charge is 0.363 e. The molecule has 17 heavy (non-hydrogen) atoms. The van der Waals surface area contributed by atoms with Crippen LogP contribution in [0.4, 0.5) is 5.82 Å². The molecular formula is C11H13ClN4S. The van der Waals surface area contributed by atoms with Gasteiger partial charge in [0.2, 0.25) is 0 Å². The van der Waals surface area contributed by atoms with Gasteiger partial charge in [-0.3, -0.25) is 0 Å². The monoisotopic (exact) mass is 268 g/mol. The fraction of sp³-hybridized carbons (Fsp3) is 0.364. The average Bonchev–Trinajstić information content (AvgIpc) is 2.72. The maximum Gasteiger partial charge on any atom is 0.134 e. The number of aromatic nitrogens is 3. The minimum atomic E-state index is 0.467. The molecule has 0 aliphatic rings. The molecule has 2 aromatic rings. The van der Waals surface area contributed by atoms with Crippen LogP contribution in [0.5, 0.6) is 0 Å². The summed E-state index contributed by atoms with van der Waals surface area (Å²) in [4.78, 5) is 13.9. The van der Waals surface area contributed by atoms with Gasteiger partial charge in [-0.25, -0.2) is 15.0 Å². The highest BCUT2D eigenvalue weighted by Gasteiger charge is 2.03. The number of aryl methyl sites for hydroxylation is 2. The zero-order valence-corrected chi connectivity index (χ0v) is 11.3. The smallest absolute Gasteiger partial charge is 0.134 e. The van der Waals surface area contributed by atoms with E-state index in [-0.39, 0.29) is 0 Å². The maximum absolute atomic E-state index is 5.91. The number of hydrogen-bond donors (Lipinski definition) is 1. The molecule has 2 rings (SSSR count). The second-order valence-electron chi connectivity index (χ2n) is 3.56. The Hall–Kier alpha value is -1.20. The molecule has 90 valence electrons. The van der Waals surface area contributed by atoms with Crippen molar-refractivity contribution in [1.29, 1.82) is 0 Å². The van der Waals surface area contributed by atoms with Crippen LogP contribution in [0.25, 0.3) is 0 Å². The van der Waals surface area contributed by atoms with Gasteiger partial charge in [0, 0.05) is 23.6 Å². The molecule has 0 radical (unpaired) electrons. The molecule has 1 N–H and O–H groups in total. The summed E-state index contributed by atoms with van der Waals surface area (Å²) < 4.78 is 0. The number of thiazole rings is 1. The lowest BCUT2D eigenvalue weighted by Crippen LogP contribution is -2.04. The first-order valence-corrected chi connectivity index (χ1v) is 6.55. The molecule has 0 fully saturated rings. The van der Waals surface area contributed by atoms with Gasteiger partial charge in [0.15, 0.2) is 0 Å². The molecule has 0 bridgehead atoms. The summed E-state index contributed by atoms with van der Waals surface area (Å²) in [5.41, 5.74) is 0. The molecule has 0 aliphatic carbocycles. The average molecular weight is 269 g/mol. The van der Waals surface area contributed by atoms with Gasteiger partial charge in [0.1, 0.15) is 21.8 Å². The van der Waals surface area contributed by atoms with Crippen LogP contribution in [0.2, 0.25) is 5.15 Å². The van der Waals surface area contributed by atoms with E-state index in [4.69, 9.17) is 11.6 Å². The lowest BCUT2D eigenvalue weighted by molar-refractivity contribution is 0.931. The Morgan fingerprint density at radius 2 is 2.24 bits per heavy atom. The predicted molar refractivity (Wildman–Crippen MR) is 70.6 cm³/mol. The highest BCUT2D eigenvalue weighted by molar-refractivity contribution is 7.11. The first-order chi connectivity index (χ1) is 8.17. The third-order valence-electron chi connectivity index (χ3n) is 2.15. The molecule has 0 atom stereocenters. The maximum atomic E-state index is 5.91. The highest BCUT2D eigenvalue weighted by Crippen LogP contribution is 2.15. The molecule has 6 heteroatoms. The SMILES string of the molecule is CCc1nc(Cl)cc(NCc2ncc(C)s2)n1. The van der Waals surface area contributed by atoms with E-state index < -0.39 is 0 Å². The molecule has 2 aromatic heterocycles. The summed E-state index contributed by atoms with van der Waals surface area (Å²) in [7, 11) is 0. The Kier molecular flexibility index (Phi) is 3.91. The number of nitrogens with zero attached hydrogens (tertiary/aromatic N) is 3. The summed E-state index contributed by atoms with van der Waals surface area (Å²) in [6.45, 7) is 4.70. The fourth-order valence-electron chi connectivity index (χ4n) is 1.36. The predicted octanol–water partition coefficient (Wildman–Crippen LogP) is 3.07. The number of hydrogen-bond acceptors (Lipinski definition) is 5. The Balaban J connectivity index is 2.05. The number of nitrogens with one attached hydrogen (secondary N) is 1. The molecule has 0 saturated heterocycles. The van der Waals surface area contributed by atoms with Gasteiger partial charge in [0.05, 0.1) is 6.54 Å². The Bertz CT molecular complexity index is 512. The van der Waals surface area contributed by atoms with E-state index in [0.29, 0.717) is 11.7 Å². The summed E-state index contributed by atoms with van der Waals surface area (Å²) in [5, 5.41) is 4.71. The number of rotatable bonds is 4. The van der Waals surface area contributed by atoms with Crippen molar-refractivity contribution in [2.24, 2.45) is 0 Å². The molecule has 0 aromatic carbocycles. The molecule has 0 aliphatic heterocycles. The first-order valence-electron chi connectivity index (χ1n) is 5.36. The number of anilines is 1. The quantitative estimate of drug-likeness (QED) is 0.866. The lowest BCUT2D eigenvalue weighted by atomic mass is 10.4. The zero-order valence-electron chi connectivity index (χ0n) is 9.70. The van der Waals surface area contributed by atoms with Crippen LogP contribution in [0.3, 0.4) is 0 Å². The van der Waals surface area contributed by atoms with Gasteiger partial charge in [-0.15, -0.1) is 11.3 Å². The second-order valence-corrected chi connectivity index (χ2v) is 5.27. The third-order valence-corrected chi connectivity index (χ3v) is 3.25. The third kappa shape index (κ3) is 3.38. The minimum absolute atomic E-state index is 0.467. The van der Waals surface area contributed by atoms with E-state index in [1.54, 1.807) is 17.4 Å². The van der Waals surface area contributed by atoms with E-state index in [9.17, 15) is 0 Å². The van der Waals surface area contributed by atoms with Crippen molar-refractivity contribution < 1.29 is 0 Å². The number of halogens is 1. The first kappa shape index (κ1) is 12.3. The molecule has 0 amide bonds. The van der Waals surface area contributed by atoms with Gasteiger partial charge in [-0.2, -0.15) is 0 Å². The topological polar surface area (TPSA) is 50.7 Å². The van der Waals surface area contributed by atoms with Gasteiger partial charge < -0.3 is 5.32 Å². The molecular weight excluding hydrogens is 256 g/mol. The van der Waals surface area contributed by atoms with Crippen molar-refractivity contribution in [3.63, 3.8) is 0 Å². The zero-order chi connectivity index (χ0) is 12.3. The van der Waals surface area contributed by atoms with Crippen LogP contribution >= 0.6 is 22.9 Å². The van der Waals surface area contributed by atoms with Crippen LogP contribution in [0.1, 0.15) is 22.6 Å². The summed E-state index contributed by atoms with van der Waals surface area (Å²) in [5.74, 6) is 1.49. The van der Waals surface area contributed by atoms with Crippen molar-refractivity contribution in [1.82, 2.24) is 15.0 Å². The van der Waals surface area contributed by atoms with Crippen molar-refractivity contribution >= 4 is 28.8 Å². The molecule has 0 spiro atoms. The van der Waals surface area contributed by atoms with E-state index >= 15 is 0 Å². The van der Waals surface area contributed by atoms with Crippen LogP contribution in [0.15, 0.2) is 12.3 Å². The summed E-state index contributed by atoms with van der Waals surface area (Å²) >= 11 is 7.58. The van der Waals surface area contributed by atoms with E-state index in [2.05, 4.69) is 20.3 Å². The summed E-state index contributed by atoms with van der Waals surface area (Å²) in [6, 6.07) is 1.72. The Morgan fingerprint density at radius 3 is 2.88 bits per heavy atom.